The lowest BCUT2D eigenvalue weighted by Crippen LogP contribution is -2.40. The Bertz CT molecular complexity index is 662. The molecule has 0 amide bonds. The van der Waals surface area contributed by atoms with Crippen molar-refractivity contribution in [2.24, 2.45) is 5.73 Å². The quantitative estimate of drug-likeness (QED) is 0.881. The van der Waals surface area contributed by atoms with Gasteiger partial charge in [-0.05, 0) is 31.4 Å². The predicted molar refractivity (Wildman–Crippen MR) is 80.1 cm³/mol. The summed E-state index contributed by atoms with van der Waals surface area (Å²) in [5.41, 5.74) is 9.16. The zero-order chi connectivity index (χ0) is 14.2. The van der Waals surface area contributed by atoms with Crippen molar-refractivity contribution in [3.05, 3.63) is 52.2 Å². The molecule has 0 radical (unpaired) electrons. The Morgan fingerprint density at radius 3 is 2.55 bits per heavy atom. The highest BCUT2D eigenvalue weighted by Crippen LogP contribution is 2.37. The number of aromatic nitrogens is 2. The maximum Gasteiger partial charge on any atom is 0.330 e. The largest absolute Gasteiger partial charge is 0.330 e. The number of hydrogen-bond donors (Lipinski definition) is 2. The van der Waals surface area contributed by atoms with Crippen LogP contribution in [0.15, 0.2) is 35.3 Å². The van der Waals surface area contributed by atoms with Gasteiger partial charge in [-0.1, -0.05) is 37.5 Å². The number of nitrogens with two attached hydrogens (primary N) is 1. The summed E-state index contributed by atoms with van der Waals surface area (Å²) in [7, 11) is 0. The summed E-state index contributed by atoms with van der Waals surface area (Å²) in [5.74, 6) is 0. The molecule has 4 heteroatoms. The first-order chi connectivity index (χ1) is 9.62. The van der Waals surface area contributed by atoms with E-state index in [1.165, 1.54) is 6.42 Å². The molecule has 0 aliphatic heterocycles. The van der Waals surface area contributed by atoms with Gasteiger partial charge >= 0.3 is 5.69 Å². The molecule has 1 heterocycles. The summed E-state index contributed by atoms with van der Waals surface area (Å²) in [4.78, 5) is 14.8. The Balaban J connectivity index is 2.16. The molecular weight excluding hydrogens is 250 g/mol. The van der Waals surface area contributed by atoms with Crippen LogP contribution in [0.5, 0.6) is 0 Å². The van der Waals surface area contributed by atoms with Crippen LogP contribution in [-0.4, -0.2) is 9.55 Å². The molecular formula is C16H21N3O. The first kappa shape index (κ1) is 13.2. The second-order valence-electron chi connectivity index (χ2n) is 5.80. The molecule has 20 heavy (non-hydrogen) atoms. The van der Waals surface area contributed by atoms with Crippen molar-refractivity contribution in [2.45, 2.75) is 44.6 Å². The summed E-state index contributed by atoms with van der Waals surface area (Å²) in [6, 6.07) is 8.03. The molecule has 106 valence electrons. The van der Waals surface area contributed by atoms with E-state index in [1.807, 2.05) is 25.1 Å². The van der Waals surface area contributed by atoms with Crippen LogP contribution >= 0.6 is 0 Å². The Morgan fingerprint density at radius 2 is 1.90 bits per heavy atom. The fraction of sp³-hybridized carbons (Fsp3) is 0.438. The number of aryl methyl sites for hydroxylation is 1. The SMILES string of the molecule is Cc1c[nH]c(=O)n1-c1ccccc1C1(N)CCCCC1. The van der Waals surface area contributed by atoms with Crippen molar-refractivity contribution in [2.75, 3.05) is 0 Å². The van der Waals surface area contributed by atoms with Gasteiger partial charge in [0.15, 0.2) is 0 Å². The molecule has 1 aromatic carbocycles. The van der Waals surface area contributed by atoms with Crippen LogP contribution in [0, 0.1) is 6.92 Å². The van der Waals surface area contributed by atoms with Crippen LogP contribution in [0.4, 0.5) is 0 Å². The van der Waals surface area contributed by atoms with Gasteiger partial charge in [0, 0.05) is 17.4 Å². The van der Waals surface area contributed by atoms with E-state index in [0.29, 0.717) is 0 Å². The standard InChI is InChI=1S/C16H21N3O/c1-12-11-18-15(20)19(12)14-8-4-3-7-13(14)16(17)9-5-2-6-10-16/h3-4,7-8,11H,2,5-6,9-10,17H2,1H3,(H,18,20). The van der Waals surface area contributed by atoms with E-state index >= 15 is 0 Å². The van der Waals surface area contributed by atoms with E-state index in [-0.39, 0.29) is 11.2 Å². The number of rotatable bonds is 2. The lowest BCUT2D eigenvalue weighted by Gasteiger charge is -2.35. The molecule has 3 N–H and O–H groups in total. The molecule has 0 bridgehead atoms. The average molecular weight is 271 g/mol. The average Bonchev–Trinajstić information content (AvgIpc) is 2.79. The van der Waals surface area contributed by atoms with Gasteiger partial charge in [-0.2, -0.15) is 0 Å². The van der Waals surface area contributed by atoms with Crippen LogP contribution in [0.3, 0.4) is 0 Å². The second-order valence-corrected chi connectivity index (χ2v) is 5.80. The number of benzene rings is 1. The van der Waals surface area contributed by atoms with Crippen molar-refractivity contribution in [3.8, 4) is 5.69 Å². The highest BCUT2D eigenvalue weighted by atomic mass is 16.1. The van der Waals surface area contributed by atoms with Gasteiger partial charge in [0.05, 0.1) is 5.69 Å². The molecule has 0 atom stereocenters. The van der Waals surface area contributed by atoms with Crippen LogP contribution in [0.1, 0.15) is 43.4 Å². The molecule has 0 unspecified atom stereocenters. The summed E-state index contributed by atoms with van der Waals surface area (Å²) in [5, 5.41) is 0. The Kier molecular flexibility index (Phi) is 3.26. The third kappa shape index (κ3) is 2.10. The minimum atomic E-state index is -0.308. The molecule has 0 saturated heterocycles. The number of nitrogens with one attached hydrogen (secondary N) is 1. The molecule has 1 aromatic heterocycles. The van der Waals surface area contributed by atoms with Crippen molar-refractivity contribution in [3.63, 3.8) is 0 Å². The van der Waals surface area contributed by atoms with E-state index < -0.39 is 0 Å². The zero-order valence-electron chi connectivity index (χ0n) is 11.9. The second kappa shape index (κ2) is 4.94. The summed E-state index contributed by atoms with van der Waals surface area (Å²) < 4.78 is 1.72. The van der Waals surface area contributed by atoms with Gasteiger partial charge in [-0.3, -0.25) is 4.57 Å². The third-order valence-electron chi connectivity index (χ3n) is 4.39. The molecule has 3 rings (SSSR count). The van der Waals surface area contributed by atoms with Gasteiger partial charge in [0.1, 0.15) is 0 Å². The van der Waals surface area contributed by atoms with Crippen LogP contribution in [0.25, 0.3) is 5.69 Å². The summed E-state index contributed by atoms with van der Waals surface area (Å²) >= 11 is 0. The van der Waals surface area contributed by atoms with Gasteiger partial charge in [-0.15, -0.1) is 0 Å². The Labute approximate surface area is 118 Å². The van der Waals surface area contributed by atoms with Gasteiger partial charge in [0.2, 0.25) is 0 Å². The normalized spacial score (nSPS) is 18.1. The lowest BCUT2D eigenvalue weighted by molar-refractivity contribution is 0.301. The Morgan fingerprint density at radius 1 is 1.20 bits per heavy atom. The van der Waals surface area contributed by atoms with Gasteiger partial charge in [-0.25, -0.2) is 4.79 Å². The van der Waals surface area contributed by atoms with E-state index in [2.05, 4.69) is 11.1 Å². The van der Waals surface area contributed by atoms with Gasteiger partial charge in [0.25, 0.3) is 0 Å². The topological polar surface area (TPSA) is 63.8 Å². The fourth-order valence-corrected chi connectivity index (χ4v) is 3.30. The third-order valence-corrected chi connectivity index (χ3v) is 4.39. The highest BCUT2D eigenvalue weighted by molar-refractivity contribution is 5.46. The zero-order valence-corrected chi connectivity index (χ0v) is 11.9. The fourth-order valence-electron chi connectivity index (χ4n) is 3.30. The number of para-hydroxylation sites is 1. The van der Waals surface area contributed by atoms with E-state index in [0.717, 1.165) is 42.6 Å². The van der Waals surface area contributed by atoms with E-state index in [4.69, 9.17) is 5.73 Å². The molecule has 1 saturated carbocycles. The number of H-pyrrole nitrogens is 1. The van der Waals surface area contributed by atoms with Crippen LogP contribution in [0.2, 0.25) is 0 Å². The minimum absolute atomic E-state index is 0.102. The predicted octanol–water partition coefficient (Wildman–Crippen LogP) is 2.59. The molecule has 4 nitrogen and oxygen atoms in total. The maximum absolute atomic E-state index is 12.0. The molecule has 2 aromatic rings. The molecule has 1 aliphatic rings. The smallest absolute Gasteiger partial charge is 0.321 e. The molecule has 0 spiro atoms. The number of aromatic amines is 1. The summed E-state index contributed by atoms with van der Waals surface area (Å²) in [6.45, 7) is 1.93. The maximum atomic E-state index is 12.0. The van der Waals surface area contributed by atoms with Crippen molar-refractivity contribution >= 4 is 0 Å². The van der Waals surface area contributed by atoms with E-state index in [1.54, 1.807) is 10.8 Å². The molecule has 1 aliphatic carbocycles. The summed E-state index contributed by atoms with van der Waals surface area (Å²) in [6.07, 6.45) is 7.29. The van der Waals surface area contributed by atoms with Crippen molar-refractivity contribution in [1.29, 1.82) is 0 Å². The number of imidazole rings is 1. The first-order valence-corrected chi connectivity index (χ1v) is 7.28. The Hall–Kier alpha value is -1.81. The first-order valence-electron chi connectivity index (χ1n) is 7.28. The minimum Gasteiger partial charge on any atom is -0.321 e. The lowest BCUT2D eigenvalue weighted by atomic mass is 9.77. The highest BCUT2D eigenvalue weighted by Gasteiger charge is 2.32. The number of hydrogen-bond acceptors (Lipinski definition) is 2. The monoisotopic (exact) mass is 271 g/mol. The van der Waals surface area contributed by atoms with Gasteiger partial charge < -0.3 is 10.7 Å². The van der Waals surface area contributed by atoms with Crippen molar-refractivity contribution in [1.82, 2.24) is 9.55 Å². The van der Waals surface area contributed by atoms with Crippen LogP contribution in [-0.2, 0) is 5.54 Å². The number of nitrogens with zero attached hydrogens (tertiary/aromatic N) is 1. The molecule has 1 fully saturated rings. The van der Waals surface area contributed by atoms with E-state index in [9.17, 15) is 4.79 Å². The van der Waals surface area contributed by atoms with Crippen LogP contribution < -0.4 is 11.4 Å². The van der Waals surface area contributed by atoms with Crippen molar-refractivity contribution < 1.29 is 0 Å².